The van der Waals surface area contributed by atoms with Crippen molar-refractivity contribution < 1.29 is 27.8 Å². The van der Waals surface area contributed by atoms with Gasteiger partial charge in [0.05, 0.1) is 7.11 Å². The molecular weight excluding hydrogens is 251 g/mol. The van der Waals surface area contributed by atoms with Gasteiger partial charge in [0.25, 0.3) is 0 Å². The number of hydrogen-bond acceptors (Lipinski definition) is 3. The maximum Gasteiger partial charge on any atom is 0.354 e. The van der Waals surface area contributed by atoms with Crippen LogP contribution in [0.5, 0.6) is 5.75 Å². The molecule has 0 aliphatic carbocycles. The number of ether oxygens (including phenoxy) is 1. The fourth-order valence-corrected chi connectivity index (χ4v) is 1.52. The third-order valence-corrected chi connectivity index (χ3v) is 2.34. The Morgan fingerprint density at radius 2 is 1.94 bits per heavy atom. The highest BCUT2D eigenvalue weighted by molar-refractivity contribution is 5.93. The van der Waals surface area contributed by atoms with Gasteiger partial charge in [-0.25, -0.2) is 22.9 Å². The molecule has 1 aromatic heterocycles. The highest BCUT2D eigenvalue weighted by atomic mass is 19.2. The van der Waals surface area contributed by atoms with Gasteiger partial charge in [0.1, 0.15) is 11.3 Å². The molecule has 2 rings (SSSR count). The third-order valence-electron chi connectivity index (χ3n) is 2.34. The zero-order chi connectivity index (χ0) is 13.4. The average Bonchev–Trinajstić information content (AvgIpc) is 2.35. The number of halogens is 3. The maximum atomic E-state index is 13.5. The summed E-state index contributed by atoms with van der Waals surface area (Å²) in [6, 6.07) is 1.70. The summed E-state index contributed by atoms with van der Waals surface area (Å²) in [5.41, 5.74) is -1.12. The number of benzene rings is 1. The number of carbonyl (C=O) groups is 1. The second-order valence-corrected chi connectivity index (χ2v) is 3.40. The monoisotopic (exact) mass is 257 g/mol. The Bertz CT molecular complexity index is 658. The fraction of sp³-hybridized carbons (Fsp3) is 0.0909. The number of hydrogen-bond donors (Lipinski definition) is 1. The minimum Gasteiger partial charge on any atom is -0.496 e. The summed E-state index contributed by atoms with van der Waals surface area (Å²) >= 11 is 0. The van der Waals surface area contributed by atoms with Crippen molar-refractivity contribution in [2.45, 2.75) is 0 Å². The molecule has 0 spiro atoms. The summed E-state index contributed by atoms with van der Waals surface area (Å²) < 4.78 is 44.4. The van der Waals surface area contributed by atoms with E-state index >= 15 is 0 Å². The summed E-state index contributed by atoms with van der Waals surface area (Å²) in [7, 11) is 1.19. The first kappa shape index (κ1) is 12.2. The molecular formula is C11H6F3NO3. The lowest BCUT2D eigenvalue weighted by Gasteiger charge is -2.08. The van der Waals surface area contributed by atoms with Crippen molar-refractivity contribution >= 4 is 16.9 Å². The Morgan fingerprint density at radius 3 is 2.50 bits per heavy atom. The van der Waals surface area contributed by atoms with Crippen LogP contribution in [-0.4, -0.2) is 23.2 Å². The number of rotatable bonds is 2. The number of fused-ring (bicyclic) bond motifs is 1. The fourth-order valence-electron chi connectivity index (χ4n) is 1.52. The van der Waals surface area contributed by atoms with Crippen LogP contribution in [0, 0.1) is 17.5 Å². The Balaban J connectivity index is 2.92. The van der Waals surface area contributed by atoms with Gasteiger partial charge in [-0.05, 0) is 6.07 Å². The number of aromatic nitrogens is 1. The molecule has 4 nitrogen and oxygen atoms in total. The second kappa shape index (κ2) is 4.17. The van der Waals surface area contributed by atoms with Crippen molar-refractivity contribution in [3.8, 4) is 5.75 Å². The quantitative estimate of drug-likeness (QED) is 0.839. The number of nitrogens with zero attached hydrogens (tertiary/aromatic N) is 1. The van der Waals surface area contributed by atoms with Crippen molar-refractivity contribution in [1.29, 1.82) is 0 Å². The van der Waals surface area contributed by atoms with E-state index in [-0.39, 0.29) is 11.1 Å². The van der Waals surface area contributed by atoms with Crippen molar-refractivity contribution in [2.24, 2.45) is 0 Å². The molecule has 0 atom stereocenters. The van der Waals surface area contributed by atoms with Crippen LogP contribution in [0.3, 0.4) is 0 Å². The molecule has 0 unspecified atom stereocenters. The number of methoxy groups -OCH3 is 1. The number of carboxylic acid groups (broad SMARTS) is 1. The molecule has 2 aromatic rings. The zero-order valence-electron chi connectivity index (χ0n) is 9.00. The van der Waals surface area contributed by atoms with Gasteiger partial charge in [-0.2, -0.15) is 0 Å². The molecule has 0 radical (unpaired) electrons. The van der Waals surface area contributed by atoms with Crippen LogP contribution in [0.2, 0.25) is 0 Å². The minimum absolute atomic E-state index is 0.102. The molecule has 18 heavy (non-hydrogen) atoms. The lowest BCUT2D eigenvalue weighted by atomic mass is 10.1. The molecule has 0 aliphatic rings. The van der Waals surface area contributed by atoms with Gasteiger partial charge in [0.15, 0.2) is 23.1 Å². The van der Waals surface area contributed by atoms with Gasteiger partial charge in [-0.1, -0.05) is 0 Å². The summed E-state index contributed by atoms with van der Waals surface area (Å²) in [4.78, 5) is 14.2. The summed E-state index contributed by atoms with van der Waals surface area (Å²) in [6.07, 6.45) is 0. The normalized spacial score (nSPS) is 10.7. The minimum atomic E-state index is -1.71. The lowest BCUT2D eigenvalue weighted by Crippen LogP contribution is -2.04. The first-order chi connectivity index (χ1) is 8.45. The van der Waals surface area contributed by atoms with E-state index in [1.54, 1.807) is 0 Å². The standard InChI is InChI=1S/C11H6F3NO3/c1-18-7-3-6(11(16)17)15-10-4(7)2-5(12)8(13)9(10)14/h2-3H,1H3,(H,16,17). The average molecular weight is 257 g/mol. The van der Waals surface area contributed by atoms with Gasteiger partial charge in [-0.15, -0.1) is 0 Å². The Labute approximate surface area is 98.6 Å². The largest absolute Gasteiger partial charge is 0.496 e. The van der Waals surface area contributed by atoms with E-state index in [0.717, 1.165) is 6.07 Å². The molecule has 1 aromatic carbocycles. The number of carboxylic acids is 1. The summed E-state index contributed by atoms with van der Waals surface area (Å²) in [5, 5.41) is 8.63. The molecule has 0 fully saturated rings. The van der Waals surface area contributed by atoms with Crippen LogP contribution < -0.4 is 4.74 Å². The highest BCUT2D eigenvalue weighted by Gasteiger charge is 2.20. The second-order valence-electron chi connectivity index (χ2n) is 3.40. The van der Waals surface area contributed by atoms with E-state index in [9.17, 15) is 18.0 Å². The molecule has 0 aliphatic heterocycles. The molecule has 1 N–H and O–H groups in total. The summed E-state index contributed by atoms with van der Waals surface area (Å²) in [6.45, 7) is 0. The van der Waals surface area contributed by atoms with Crippen molar-refractivity contribution in [1.82, 2.24) is 4.98 Å². The lowest BCUT2D eigenvalue weighted by molar-refractivity contribution is 0.0690. The van der Waals surface area contributed by atoms with Gasteiger partial charge in [0.2, 0.25) is 0 Å². The van der Waals surface area contributed by atoms with E-state index in [2.05, 4.69) is 4.98 Å². The van der Waals surface area contributed by atoms with E-state index in [0.29, 0.717) is 6.07 Å². The molecule has 0 saturated carbocycles. The molecule has 1 heterocycles. The Hall–Kier alpha value is -2.31. The topological polar surface area (TPSA) is 59.4 Å². The van der Waals surface area contributed by atoms with Gasteiger partial charge >= 0.3 is 5.97 Å². The molecule has 7 heteroatoms. The third kappa shape index (κ3) is 1.73. The SMILES string of the molecule is COc1cc(C(=O)O)nc2c(F)c(F)c(F)cc12. The van der Waals surface area contributed by atoms with E-state index in [1.807, 2.05) is 0 Å². The molecule has 0 bridgehead atoms. The van der Waals surface area contributed by atoms with Crippen LogP contribution >= 0.6 is 0 Å². The molecule has 94 valence electrons. The summed E-state index contributed by atoms with van der Waals surface area (Å²) in [5.74, 6) is -6.19. The van der Waals surface area contributed by atoms with Crippen LogP contribution in [-0.2, 0) is 0 Å². The Morgan fingerprint density at radius 1 is 1.28 bits per heavy atom. The van der Waals surface area contributed by atoms with Crippen molar-refractivity contribution in [3.05, 3.63) is 35.3 Å². The molecule has 0 saturated heterocycles. The van der Waals surface area contributed by atoms with Crippen LogP contribution in [0.4, 0.5) is 13.2 Å². The van der Waals surface area contributed by atoms with Crippen LogP contribution in [0.25, 0.3) is 10.9 Å². The number of aromatic carboxylic acids is 1. The number of pyridine rings is 1. The van der Waals surface area contributed by atoms with Crippen LogP contribution in [0.15, 0.2) is 12.1 Å². The smallest absolute Gasteiger partial charge is 0.354 e. The van der Waals surface area contributed by atoms with Crippen molar-refractivity contribution in [3.63, 3.8) is 0 Å². The van der Waals surface area contributed by atoms with Gasteiger partial charge in [-0.3, -0.25) is 0 Å². The molecule has 0 amide bonds. The van der Waals surface area contributed by atoms with E-state index < -0.39 is 34.6 Å². The Kier molecular flexibility index (Phi) is 2.82. The zero-order valence-corrected chi connectivity index (χ0v) is 9.00. The first-order valence-electron chi connectivity index (χ1n) is 4.71. The van der Waals surface area contributed by atoms with Gasteiger partial charge in [0, 0.05) is 11.5 Å². The predicted octanol–water partition coefficient (Wildman–Crippen LogP) is 2.36. The first-order valence-corrected chi connectivity index (χ1v) is 4.71. The van der Waals surface area contributed by atoms with E-state index in [1.165, 1.54) is 7.11 Å². The van der Waals surface area contributed by atoms with Crippen molar-refractivity contribution in [2.75, 3.05) is 7.11 Å². The van der Waals surface area contributed by atoms with E-state index in [4.69, 9.17) is 9.84 Å². The highest BCUT2D eigenvalue weighted by Crippen LogP contribution is 2.29. The van der Waals surface area contributed by atoms with Crippen LogP contribution in [0.1, 0.15) is 10.5 Å². The predicted molar refractivity (Wildman–Crippen MR) is 55.1 cm³/mol. The maximum absolute atomic E-state index is 13.5. The van der Waals surface area contributed by atoms with Gasteiger partial charge < -0.3 is 9.84 Å².